The van der Waals surface area contributed by atoms with Crippen molar-refractivity contribution in [2.45, 2.75) is 52.0 Å². The number of carbonyl (C=O) groups excluding carboxylic acids is 1. The van der Waals surface area contributed by atoms with Gasteiger partial charge in [-0.3, -0.25) is 14.3 Å². The maximum absolute atomic E-state index is 13.5. The van der Waals surface area contributed by atoms with E-state index in [1.54, 1.807) is 16.6 Å². The standard InChI is InChI=1S/C26H38N8O5S/c1-6-15-39-26-20(16-19(17-27-26)40(37,38)33-12-10-32(8-3)11-13-33)24-28-22-21(7-2)34(14-9-31(5)18(4)35)30-23(22)25(36)29-24/h16-17H,6-15H2,1-5H3,(H,28,29,36). The van der Waals surface area contributed by atoms with Crippen molar-refractivity contribution in [3.05, 3.63) is 28.3 Å². The van der Waals surface area contributed by atoms with Crippen LogP contribution in [0.5, 0.6) is 5.88 Å². The number of fused-ring (bicyclic) bond motifs is 1. The molecule has 0 unspecified atom stereocenters. The zero-order chi connectivity index (χ0) is 29.0. The Kier molecular flexibility index (Phi) is 9.21. The largest absolute Gasteiger partial charge is 0.477 e. The van der Waals surface area contributed by atoms with Gasteiger partial charge in [-0.15, -0.1) is 0 Å². The summed E-state index contributed by atoms with van der Waals surface area (Å²) in [6, 6.07) is 1.47. The van der Waals surface area contributed by atoms with Gasteiger partial charge in [-0.25, -0.2) is 18.4 Å². The van der Waals surface area contributed by atoms with E-state index in [2.05, 4.69) is 26.9 Å². The van der Waals surface area contributed by atoms with E-state index in [1.807, 2.05) is 13.8 Å². The average Bonchev–Trinajstić information content (AvgIpc) is 3.32. The van der Waals surface area contributed by atoms with Crippen LogP contribution in [0.3, 0.4) is 0 Å². The van der Waals surface area contributed by atoms with Gasteiger partial charge in [0.15, 0.2) is 5.52 Å². The fraction of sp³-hybridized carbons (Fsp3) is 0.577. The summed E-state index contributed by atoms with van der Waals surface area (Å²) in [5.41, 5.74) is 1.15. The van der Waals surface area contributed by atoms with E-state index in [9.17, 15) is 18.0 Å². The maximum atomic E-state index is 13.5. The number of sulfonamides is 1. The minimum atomic E-state index is -3.83. The first-order valence-corrected chi connectivity index (χ1v) is 15.1. The maximum Gasteiger partial charge on any atom is 0.279 e. The molecule has 4 heterocycles. The molecule has 1 aliphatic rings. The highest BCUT2D eigenvalue weighted by molar-refractivity contribution is 7.89. The average molecular weight is 575 g/mol. The van der Waals surface area contributed by atoms with Gasteiger partial charge < -0.3 is 19.5 Å². The van der Waals surface area contributed by atoms with E-state index >= 15 is 0 Å². The fourth-order valence-corrected chi connectivity index (χ4v) is 6.02. The van der Waals surface area contributed by atoms with Crippen LogP contribution in [0.4, 0.5) is 0 Å². The Bertz CT molecular complexity index is 1530. The van der Waals surface area contributed by atoms with Crippen LogP contribution in [0.1, 0.15) is 39.8 Å². The molecule has 218 valence electrons. The van der Waals surface area contributed by atoms with Crippen LogP contribution >= 0.6 is 0 Å². The molecule has 3 aromatic rings. The lowest BCUT2D eigenvalue weighted by Crippen LogP contribution is -2.48. The van der Waals surface area contributed by atoms with E-state index in [4.69, 9.17) is 9.72 Å². The van der Waals surface area contributed by atoms with Crippen molar-refractivity contribution in [3.63, 3.8) is 0 Å². The first-order chi connectivity index (χ1) is 19.1. The van der Waals surface area contributed by atoms with Gasteiger partial charge in [0.25, 0.3) is 5.56 Å². The SMILES string of the molecule is CCCOc1ncc(S(=O)(=O)N2CCN(CC)CC2)cc1-c1nc2c(CC)n(CCN(C)C(C)=O)nc2c(=O)[nH]1. The Morgan fingerprint density at radius 1 is 1.15 bits per heavy atom. The number of nitrogens with one attached hydrogen (secondary N) is 1. The van der Waals surface area contributed by atoms with Gasteiger partial charge in [-0.2, -0.15) is 9.40 Å². The second-order valence-corrected chi connectivity index (χ2v) is 11.7. The molecule has 0 spiro atoms. The number of aromatic nitrogens is 5. The molecule has 0 saturated carbocycles. The van der Waals surface area contributed by atoms with E-state index in [0.29, 0.717) is 64.2 Å². The number of nitrogens with zero attached hydrogens (tertiary/aromatic N) is 7. The molecular weight excluding hydrogens is 536 g/mol. The van der Waals surface area contributed by atoms with Crippen molar-refractivity contribution in [1.29, 1.82) is 0 Å². The first kappa shape index (κ1) is 29.6. The van der Waals surface area contributed by atoms with Crippen molar-refractivity contribution in [3.8, 4) is 17.3 Å². The fourth-order valence-electron chi connectivity index (χ4n) is 4.62. The minimum Gasteiger partial charge on any atom is -0.477 e. The predicted octanol–water partition coefficient (Wildman–Crippen LogP) is 1.34. The van der Waals surface area contributed by atoms with Crippen molar-refractivity contribution >= 4 is 27.0 Å². The van der Waals surface area contributed by atoms with Gasteiger partial charge in [0, 0.05) is 46.7 Å². The number of hydrogen-bond acceptors (Lipinski definition) is 9. The molecule has 4 rings (SSSR count). The zero-order valence-corrected chi connectivity index (χ0v) is 24.6. The van der Waals surface area contributed by atoms with Crippen LogP contribution in [-0.2, 0) is 27.8 Å². The summed E-state index contributed by atoms with van der Waals surface area (Å²) in [7, 11) is -2.12. The monoisotopic (exact) mass is 574 g/mol. The summed E-state index contributed by atoms with van der Waals surface area (Å²) < 4.78 is 36.1. The van der Waals surface area contributed by atoms with Crippen LogP contribution in [0.15, 0.2) is 22.0 Å². The Morgan fingerprint density at radius 3 is 2.50 bits per heavy atom. The highest BCUT2D eigenvalue weighted by Gasteiger charge is 2.30. The molecule has 1 saturated heterocycles. The van der Waals surface area contributed by atoms with Gasteiger partial charge in [0.1, 0.15) is 16.2 Å². The molecule has 1 amide bonds. The van der Waals surface area contributed by atoms with Crippen LogP contribution < -0.4 is 10.3 Å². The van der Waals surface area contributed by atoms with Crippen molar-refractivity contribution in [1.82, 2.24) is 38.8 Å². The van der Waals surface area contributed by atoms with Crippen LogP contribution in [-0.4, -0.2) is 106 Å². The number of amides is 1. The van der Waals surface area contributed by atoms with Crippen molar-refractivity contribution in [2.75, 3.05) is 52.9 Å². The second kappa shape index (κ2) is 12.4. The highest BCUT2D eigenvalue weighted by Crippen LogP contribution is 2.30. The summed E-state index contributed by atoms with van der Waals surface area (Å²) in [6.45, 7) is 11.6. The molecule has 0 radical (unpaired) electrons. The van der Waals surface area contributed by atoms with E-state index < -0.39 is 15.6 Å². The molecule has 13 nitrogen and oxygen atoms in total. The third-order valence-electron chi connectivity index (χ3n) is 7.16. The smallest absolute Gasteiger partial charge is 0.279 e. The van der Waals surface area contributed by atoms with Gasteiger partial charge >= 0.3 is 0 Å². The molecule has 3 aromatic heterocycles. The Balaban J connectivity index is 1.78. The Labute approximate surface area is 234 Å². The lowest BCUT2D eigenvalue weighted by molar-refractivity contribution is -0.127. The number of hydrogen-bond donors (Lipinski definition) is 1. The molecule has 0 bridgehead atoms. The van der Waals surface area contributed by atoms with E-state index in [1.165, 1.54) is 23.5 Å². The molecule has 0 atom stereocenters. The number of rotatable bonds is 11. The van der Waals surface area contributed by atoms with Gasteiger partial charge in [0.05, 0.1) is 30.6 Å². The molecule has 1 fully saturated rings. The van der Waals surface area contributed by atoms with Gasteiger partial charge in [-0.1, -0.05) is 20.8 Å². The zero-order valence-electron chi connectivity index (χ0n) is 23.8. The number of piperazine rings is 1. The second-order valence-electron chi connectivity index (χ2n) is 9.79. The number of carbonyl (C=O) groups is 1. The van der Waals surface area contributed by atoms with Gasteiger partial charge in [-0.05, 0) is 25.5 Å². The molecule has 0 aliphatic carbocycles. The normalized spacial score (nSPS) is 15.0. The number of likely N-dealkylation sites (N-methyl/N-ethyl adjacent to an activating group) is 2. The van der Waals surface area contributed by atoms with Crippen molar-refractivity contribution < 1.29 is 17.9 Å². The number of H-pyrrole nitrogens is 1. The Morgan fingerprint density at radius 2 is 1.88 bits per heavy atom. The molecule has 1 aliphatic heterocycles. The third kappa shape index (κ3) is 6.03. The molecule has 1 N–H and O–H groups in total. The summed E-state index contributed by atoms with van der Waals surface area (Å²) in [5.74, 6) is 0.272. The van der Waals surface area contributed by atoms with Crippen molar-refractivity contribution in [2.24, 2.45) is 0 Å². The highest BCUT2D eigenvalue weighted by atomic mass is 32.2. The lowest BCUT2D eigenvalue weighted by Gasteiger charge is -2.33. The molecule has 40 heavy (non-hydrogen) atoms. The van der Waals surface area contributed by atoms with Gasteiger partial charge in [0.2, 0.25) is 21.8 Å². The number of ether oxygens (including phenoxy) is 1. The summed E-state index contributed by atoms with van der Waals surface area (Å²) in [5, 5.41) is 4.47. The quantitative estimate of drug-likeness (QED) is 0.358. The summed E-state index contributed by atoms with van der Waals surface area (Å²) in [6.07, 6.45) is 2.56. The van der Waals surface area contributed by atoms with Crippen LogP contribution in [0.2, 0.25) is 0 Å². The summed E-state index contributed by atoms with van der Waals surface area (Å²) in [4.78, 5) is 40.5. The van der Waals surface area contributed by atoms with Crippen LogP contribution in [0.25, 0.3) is 22.4 Å². The minimum absolute atomic E-state index is 0.0118. The van der Waals surface area contributed by atoms with Crippen LogP contribution in [0, 0.1) is 0 Å². The van der Waals surface area contributed by atoms with E-state index in [0.717, 1.165) is 12.2 Å². The molecule has 14 heteroatoms. The molecular formula is C26H38N8O5S. The molecule has 0 aromatic carbocycles. The third-order valence-corrected chi connectivity index (χ3v) is 9.02. The number of pyridine rings is 1. The Hall–Kier alpha value is -3.36. The summed E-state index contributed by atoms with van der Waals surface area (Å²) >= 11 is 0. The topological polar surface area (TPSA) is 147 Å². The van der Waals surface area contributed by atoms with E-state index in [-0.39, 0.29) is 33.6 Å². The predicted molar refractivity (Wildman–Crippen MR) is 151 cm³/mol. The number of aromatic amines is 1. The number of aryl methyl sites for hydroxylation is 1. The lowest BCUT2D eigenvalue weighted by atomic mass is 10.2. The first-order valence-electron chi connectivity index (χ1n) is 13.7.